The van der Waals surface area contributed by atoms with Gasteiger partial charge in [-0.15, -0.1) is 24.0 Å². The summed E-state index contributed by atoms with van der Waals surface area (Å²) in [6, 6.07) is 8.28. The molecule has 0 aliphatic heterocycles. The number of rotatable bonds is 6. The standard InChI is InChI=1S/C19H26F3N5.HI/c1-5-23-18(24-10-14(3)15-8-6-13(2)7-9-15)25-11-16-12-27(4)26-17(16)19(20,21)22;/h6-9,12,14H,5,10-11H2,1-4H3,(H2,23,24,25);1H. The van der Waals surface area contributed by atoms with E-state index in [2.05, 4.69) is 51.9 Å². The van der Waals surface area contributed by atoms with Crippen molar-refractivity contribution in [2.75, 3.05) is 13.1 Å². The van der Waals surface area contributed by atoms with Gasteiger partial charge in [0, 0.05) is 31.9 Å². The van der Waals surface area contributed by atoms with Gasteiger partial charge in [-0.2, -0.15) is 18.3 Å². The molecule has 0 fully saturated rings. The third-order valence-corrected chi connectivity index (χ3v) is 4.15. The highest BCUT2D eigenvalue weighted by Gasteiger charge is 2.36. The number of nitrogens with one attached hydrogen (secondary N) is 2. The minimum atomic E-state index is -4.49. The molecule has 0 saturated heterocycles. The first-order valence-electron chi connectivity index (χ1n) is 8.89. The van der Waals surface area contributed by atoms with Crippen LogP contribution >= 0.6 is 24.0 Å². The summed E-state index contributed by atoms with van der Waals surface area (Å²) in [4.78, 5) is 4.29. The average molecular weight is 509 g/mol. The molecule has 1 aromatic heterocycles. The zero-order valence-electron chi connectivity index (χ0n) is 16.5. The van der Waals surface area contributed by atoms with E-state index in [4.69, 9.17) is 0 Å². The van der Waals surface area contributed by atoms with Crippen LogP contribution in [0.1, 0.15) is 42.1 Å². The van der Waals surface area contributed by atoms with Crippen LogP contribution in [0.2, 0.25) is 0 Å². The molecule has 5 nitrogen and oxygen atoms in total. The number of aliphatic imine (C=N–C) groups is 1. The lowest BCUT2D eigenvalue weighted by Crippen LogP contribution is -2.39. The molecule has 0 bridgehead atoms. The number of aromatic nitrogens is 2. The number of aryl methyl sites for hydroxylation is 2. The monoisotopic (exact) mass is 509 g/mol. The van der Waals surface area contributed by atoms with Crippen LogP contribution in [0.25, 0.3) is 0 Å². The Morgan fingerprint density at radius 3 is 2.43 bits per heavy atom. The Labute approximate surface area is 180 Å². The summed E-state index contributed by atoms with van der Waals surface area (Å²) in [7, 11) is 1.47. The molecular weight excluding hydrogens is 482 g/mol. The van der Waals surface area contributed by atoms with Crippen molar-refractivity contribution in [3.8, 4) is 0 Å². The molecule has 0 aliphatic rings. The number of hydrogen-bond acceptors (Lipinski definition) is 2. The van der Waals surface area contributed by atoms with Crippen molar-refractivity contribution in [3.05, 3.63) is 52.8 Å². The van der Waals surface area contributed by atoms with Gasteiger partial charge in [0.1, 0.15) is 0 Å². The Kier molecular flexibility index (Phi) is 9.25. The van der Waals surface area contributed by atoms with Crippen LogP contribution in [-0.2, 0) is 19.8 Å². The number of alkyl halides is 3. The van der Waals surface area contributed by atoms with Gasteiger partial charge in [0.2, 0.25) is 0 Å². The Hall–Kier alpha value is -1.78. The van der Waals surface area contributed by atoms with Crippen LogP contribution in [0, 0.1) is 6.92 Å². The number of benzene rings is 1. The van der Waals surface area contributed by atoms with Crippen LogP contribution < -0.4 is 10.6 Å². The molecule has 2 N–H and O–H groups in total. The molecule has 0 aliphatic carbocycles. The van der Waals surface area contributed by atoms with E-state index in [0.29, 0.717) is 19.0 Å². The van der Waals surface area contributed by atoms with E-state index in [1.807, 2.05) is 13.8 Å². The Bertz CT molecular complexity index is 769. The summed E-state index contributed by atoms with van der Waals surface area (Å²) in [5.41, 5.74) is 1.55. The first-order chi connectivity index (χ1) is 12.7. The van der Waals surface area contributed by atoms with Gasteiger partial charge in [0.25, 0.3) is 0 Å². The summed E-state index contributed by atoms with van der Waals surface area (Å²) >= 11 is 0. The highest BCUT2D eigenvalue weighted by molar-refractivity contribution is 14.0. The molecule has 0 spiro atoms. The third kappa shape index (κ3) is 6.99. The molecular formula is C19H27F3IN5. The van der Waals surface area contributed by atoms with Gasteiger partial charge < -0.3 is 10.6 Å². The van der Waals surface area contributed by atoms with Crippen LogP contribution in [0.4, 0.5) is 13.2 Å². The Balaban J connectivity index is 0.00000392. The number of hydrogen-bond donors (Lipinski definition) is 2. The van der Waals surface area contributed by atoms with E-state index in [0.717, 1.165) is 4.68 Å². The number of nitrogens with zero attached hydrogens (tertiary/aromatic N) is 3. The molecule has 2 rings (SSSR count). The van der Waals surface area contributed by atoms with E-state index in [9.17, 15) is 13.2 Å². The largest absolute Gasteiger partial charge is 0.435 e. The van der Waals surface area contributed by atoms with Crippen molar-refractivity contribution in [3.63, 3.8) is 0 Å². The molecule has 0 radical (unpaired) electrons. The fourth-order valence-electron chi connectivity index (χ4n) is 2.66. The number of guanidine groups is 1. The van der Waals surface area contributed by atoms with E-state index < -0.39 is 11.9 Å². The maximum absolute atomic E-state index is 13.0. The van der Waals surface area contributed by atoms with Gasteiger partial charge in [0.15, 0.2) is 11.7 Å². The molecule has 1 heterocycles. The zero-order chi connectivity index (χ0) is 20.0. The normalized spacial score (nSPS) is 13.0. The zero-order valence-corrected chi connectivity index (χ0v) is 18.8. The van der Waals surface area contributed by atoms with E-state index >= 15 is 0 Å². The summed E-state index contributed by atoms with van der Waals surface area (Å²) in [5.74, 6) is 0.715. The molecule has 0 amide bonds. The van der Waals surface area contributed by atoms with Gasteiger partial charge in [-0.1, -0.05) is 36.8 Å². The lowest BCUT2D eigenvalue weighted by atomic mass is 10.0. The second-order valence-electron chi connectivity index (χ2n) is 6.56. The summed E-state index contributed by atoms with van der Waals surface area (Å²) in [6.45, 7) is 7.17. The fourth-order valence-corrected chi connectivity index (χ4v) is 2.66. The Morgan fingerprint density at radius 2 is 1.86 bits per heavy atom. The molecule has 1 atom stereocenters. The lowest BCUT2D eigenvalue weighted by molar-refractivity contribution is -0.142. The smallest absolute Gasteiger partial charge is 0.357 e. The molecule has 9 heteroatoms. The predicted octanol–water partition coefficient (Wildman–Crippen LogP) is 4.22. The second kappa shape index (κ2) is 10.7. The van der Waals surface area contributed by atoms with Crippen LogP contribution in [0.3, 0.4) is 0 Å². The number of halogens is 4. The van der Waals surface area contributed by atoms with Crippen LogP contribution in [0.5, 0.6) is 0 Å². The van der Waals surface area contributed by atoms with E-state index in [1.54, 1.807) is 0 Å². The quantitative estimate of drug-likeness (QED) is 0.349. The SMILES string of the molecule is CCNC(=NCc1cn(C)nc1C(F)(F)F)NCC(C)c1ccc(C)cc1.I. The second-order valence-corrected chi connectivity index (χ2v) is 6.56. The minimum absolute atomic E-state index is 0. The topological polar surface area (TPSA) is 54.2 Å². The molecule has 1 unspecified atom stereocenters. The van der Waals surface area contributed by atoms with Gasteiger partial charge in [-0.3, -0.25) is 4.68 Å². The van der Waals surface area contributed by atoms with Gasteiger partial charge in [-0.25, -0.2) is 4.99 Å². The van der Waals surface area contributed by atoms with Crippen molar-refractivity contribution in [2.45, 2.75) is 39.4 Å². The molecule has 28 heavy (non-hydrogen) atoms. The predicted molar refractivity (Wildman–Crippen MR) is 116 cm³/mol. The molecule has 0 saturated carbocycles. The summed E-state index contributed by atoms with van der Waals surface area (Å²) in [5, 5.41) is 9.77. The van der Waals surface area contributed by atoms with Gasteiger partial charge in [-0.05, 0) is 25.3 Å². The van der Waals surface area contributed by atoms with Crippen LogP contribution in [-0.4, -0.2) is 28.8 Å². The maximum Gasteiger partial charge on any atom is 0.435 e. The van der Waals surface area contributed by atoms with Crippen molar-refractivity contribution in [1.29, 1.82) is 0 Å². The highest BCUT2D eigenvalue weighted by Crippen LogP contribution is 2.30. The summed E-state index contributed by atoms with van der Waals surface area (Å²) < 4.78 is 40.3. The van der Waals surface area contributed by atoms with Gasteiger partial charge >= 0.3 is 6.18 Å². The maximum atomic E-state index is 13.0. The minimum Gasteiger partial charge on any atom is -0.357 e. The molecule has 156 valence electrons. The van der Waals surface area contributed by atoms with Crippen molar-refractivity contribution >= 4 is 29.9 Å². The van der Waals surface area contributed by atoms with Crippen molar-refractivity contribution in [1.82, 2.24) is 20.4 Å². The van der Waals surface area contributed by atoms with Crippen LogP contribution in [0.15, 0.2) is 35.5 Å². The van der Waals surface area contributed by atoms with Gasteiger partial charge in [0.05, 0.1) is 6.54 Å². The van der Waals surface area contributed by atoms with Crippen molar-refractivity contribution < 1.29 is 13.2 Å². The first kappa shape index (κ1) is 24.3. The molecule has 2 aromatic rings. The third-order valence-electron chi connectivity index (χ3n) is 4.15. The first-order valence-corrected chi connectivity index (χ1v) is 8.89. The summed E-state index contributed by atoms with van der Waals surface area (Å²) in [6.07, 6.45) is -3.14. The Morgan fingerprint density at radius 1 is 1.21 bits per heavy atom. The van der Waals surface area contributed by atoms with E-state index in [-0.39, 0.29) is 42.0 Å². The highest BCUT2D eigenvalue weighted by atomic mass is 127. The molecule has 1 aromatic carbocycles. The van der Waals surface area contributed by atoms with Crippen molar-refractivity contribution in [2.24, 2.45) is 12.0 Å². The average Bonchev–Trinajstić information content (AvgIpc) is 2.99. The fraction of sp³-hybridized carbons (Fsp3) is 0.474. The van der Waals surface area contributed by atoms with E-state index in [1.165, 1.54) is 24.4 Å². The lowest BCUT2D eigenvalue weighted by Gasteiger charge is -2.16.